The van der Waals surface area contributed by atoms with E-state index in [0.29, 0.717) is 22.2 Å². The van der Waals surface area contributed by atoms with Crippen molar-refractivity contribution < 1.29 is 13.9 Å². The maximum Gasteiger partial charge on any atom is 0.258 e. The predicted octanol–water partition coefficient (Wildman–Crippen LogP) is 3.71. The Bertz CT molecular complexity index is 599. The number of rotatable bonds is 6. The van der Waals surface area contributed by atoms with E-state index in [4.69, 9.17) is 32.4 Å². The van der Waals surface area contributed by atoms with Crippen molar-refractivity contribution in [1.82, 2.24) is 5.32 Å². The molecule has 1 heterocycles. The van der Waals surface area contributed by atoms with Crippen LogP contribution in [0.5, 0.6) is 5.75 Å². The first kappa shape index (κ1) is 15.7. The monoisotopic (exact) mass is 327 g/mol. The van der Waals surface area contributed by atoms with E-state index in [2.05, 4.69) is 5.32 Å². The molecule has 2 aromatic rings. The molecule has 0 radical (unpaired) electrons. The van der Waals surface area contributed by atoms with Crippen molar-refractivity contribution in [1.29, 1.82) is 0 Å². The zero-order valence-electron chi connectivity index (χ0n) is 11.4. The normalized spacial score (nSPS) is 12.0. The molecule has 0 saturated carbocycles. The lowest BCUT2D eigenvalue weighted by Gasteiger charge is -2.13. The van der Waals surface area contributed by atoms with Crippen molar-refractivity contribution >= 4 is 29.1 Å². The summed E-state index contributed by atoms with van der Waals surface area (Å²) in [5, 5.41) is 3.72. The van der Waals surface area contributed by atoms with Gasteiger partial charge in [-0.05, 0) is 37.3 Å². The van der Waals surface area contributed by atoms with Crippen LogP contribution in [0, 0.1) is 0 Å². The third-order valence-electron chi connectivity index (χ3n) is 2.75. The summed E-state index contributed by atoms with van der Waals surface area (Å²) in [5.74, 6) is 1.03. The molecule has 1 aromatic carbocycles. The van der Waals surface area contributed by atoms with Gasteiger partial charge in [-0.3, -0.25) is 4.79 Å². The Balaban J connectivity index is 1.79. The van der Waals surface area contributed by atoms with Gasteiger partial charge in [-0.15, -0.1) is 0 Å². The average molecular weight is 328 g/mol. The van der Waals surface area contributed by atoms with Crippen LogP contribution in [0.15, 0.2) is 41.0 Å². The Morgan fingerprint density at radius 3 is 2.86 bits per heavy atom. The number of amides is 1. The van der Waals surface area contributed by atoms with Crippen LogP contribution in [0.3, 0.4) is 0 Å². The predicted molar refractivity (Wildman–Crippen MR) is 82.0 cm³/mol. The van der Waals surface area contributed by atoms with E-state index in [1.165, 1.54) is 0 Å². The van der Waals surface area contributed by atoms with Gasteiger partial charge in [0.25, 0.3) is 5.91 Å². The van der Waals surface area contributed by atoms with Crippen LogP contribution < -0.4 is 10.1 Å². The number of hydrogen-bond acceptors (Lipinski definition) is 3. The highest BCUT2D eigenvalue weighted by Gasteiger charge is 2.11. The summed E-state index contributed by atoms with van der Waals surface area (Å²) >= 11 is 11.7. The van der Waals surface area contributed by atoms with Crippen molar-refractivity contribution in [2.75, 3.05) is 6.61 Å². The lowest BCUT2D eigenvalue weighted by molar-refractivity contribution is -0.123. The molecule has 1 amide bonds. The van der Waals surface area contributed by atoms with E-state index in [0.717, 1.165) is 5.76 Å². The largest absolute Gasteiger partial charge is 0.482 e. The summed E-state index contributed by atoms with van der Waals surface area (Å²) in [5.41, 5.74) is 0. The number of carbonyl (C=O) groups is 1. The second-order valence-electron chi connectivity index (χ2n) is 4.62. The molecule has 0 fully saturated rings. The average Bonchev–Trinajstić information content (AvgIpc) is 2.90. The highest BCUT2D eigenvalue weighted by Crippen LogP contribution is 2.27. The molecular formula is C15H15Cl2NO3. The molecule has 1 atom stereocenters. The first-order valence-corrected chi connectivity index (χ1v) is 7.20. The minimum atomic E-state index is -0.222. The number of halogens is 2. The molecule has 21 heavy (non-hydrogen) atoms. The number of ether oxygens (including phenoxy) is 1. The number of hydrogen-bond donors (Lipinski definition) is 1. The van der Waals surface area contributed by atoms with Gasteiger partial charge in [0.1, 0.15) is 11.5 Å². The van der Waals surface area contributed by atoms with Gasteiger partial charge in [-0.1, -0.05) is 23.2 Å². The second-order valence-corrected chi connectivity index (χ2v) is 5.46. The first-order valence-electron chi connectivity index (χ1n) is 6.44. The molecule has 0 bridgehead atoms. The Hall–Kier alpha value is -1.65. The van der Waals surface area contributed by atoms with Crippen LogP contribution in [0.4, 0.5) is 0 Å². The number of furan rings is 1. The molecule has 0 aliphatic carbocycles. The van der Waals surface area contributed by atoms with Gasteiger partial charge in [0.15, 0.2) is 6.61 Å². The lowest BCUT2D eigenvalue weighted by Crippen LogP contribution is -2.37. The summed E-state index contributed by atoms with van der Waals surface area (Å²) in [6, 6.07) is 8.48. The van der Waals surface area contributed by atoms with Gasteiger partial charge in [0.2, 0.25) is 0 Å². The minimum Gasteiger partial charge on any atom is -0.482 e. The van der Waals surface area contributed by atoms with Crippen molar-refractivity contribution in [3.63, 3.8) is 0 Å². The molecule has 0 saturated heterocycles. The smallest absolute Gasteiger partial charge is 0.258 e. The Labute approximate surface area is 133 Å². The van der Waals surface area contributed by atoms with Crippen LogP contribution in [0.1, 0.15) is 12.7 Å². The van der Waals surface area contributed by atoms with Crippen molar-refractivity contribution in [2.45, 2.75) is 19.4 Å². The summed E-state index contributed by atoms with van der Waals surface area (Å²) in [7, 11) is 0. The fourth-order valence-corrected chi connectivity index (χ4v) is 2.30. The van der Waals surface area contributed by atoms with Crippen molar-refractivity contribution in [3.05, 3.63) is 52.4 Å². The van der Waals surface area contributed by atoms with Gasteiger partial charge < -0.3 is 14.5 Å². The SMILES string of the molecule is CC(Cc1ccco1)NC(=O)COc1ccc(Cl)cc1Cl. The molecule has 2 rings (SSSR count). The van der Waals surface area contributed by atoms with Crippen LogP contribution in [0.25, 0.3) is 0 Å². The third kappa shape index (κ3) is 4.99. The quantitative estimate of drug-likeness (QED) is 0.879. The van der Waals surface area contributed by atoms with Crippen molar-refractivity contribution in [2.24, 2.45) is 0 Å². The van der Waals surface area contributed by atoms with Gasteiger partial charge in [-0.2, -0.15) is 0 Å². The van der Waals surface area contributed by atoms with E-state index in [1.807, 2.05) is 19.1 Å². The van der Waals surface area contributed by atoms with Crippen LogP contribution in [0.2, 0.25) is 10.0 Å². The van der Waals surface area contributed by atoms with E-state index < -0.39 is 0 Å². The van der Waals surface area contributed by atoms with Gasteiger partial charge >= 0.3 is 0 Å². The zero-order chi connectivity index (χ0) is 15.2. The summed E-state index contributed by atoms with van der Waals surface area (Å²) < 4.78 is 10.6. The Morgan fingerprint density at radius 2 is 2.19 bits per heavy atom. The summed E-state index contributed by atoms with van der Waals surface area (Å²) in [6.45, 7) is 1.79. The fourth-order valence-electron chi connectivity index (χ4n) is 1.83. The minimum absolute atomic E-state index is 0.0482. The molecule has 0 aliphatic rings. The number of nitrogens with one attached hydrogen (secondary N) is 1. The molecule has 4 nitrogen and oxygen atoms in total. The summed E-state index contributed by atoms with van der Waals surface area (Å²) in [6.07, 6.45) is 2.23. The van der Waals surface area contributed by atoms with Gasteiger partial charge in [-0.25, -0.2) is 0 Å². The van der Waals surface area contributed by atoms with Gasteiger partial charge in [0.05, 0.1) is 11.3 Å². The van der Waals surface area contributed by atoms with E-state index in [-0.39, 0.29) is 18.6 Å². The first-order chi connectivity index (χ1) is 10.0. The van der Waals surface area contributed by atoms with Crippen LogP contribution in [-0.4, -0.2) is 18.6 Å². The Kier molecular flexibility index (Phi) is 5.53. The summed E-state index contributed by atoms with van der Waals surface area (Å²) in [4.78, 5) is 11.8. The van der Waals surface area contributed by atoms with Crippen LogP contribution >= 0.6 is 23.2 Å². The molecule has 1 aromatic heterocycles. The molecule has 112 valence electrons. The maximum atomic E-state index is 11.8. The van der Waals surface area contributed by atoms with E-state index in [1.54, 1.807) is 24.5 Å². The van der Waals surface area contributed by atoms with Crippen molar-refractivity contribution in [3.8, 4) is 5.75 Å². The maximum absolute atomic E-state index is 11.8. The van der Waals surface area contributed by atoms with Gasteiger partial charge in [0, 0.05) is 17.5 Å². The third-order valence-corrected chi connectivity index (χ3v) is 3.28. The second kappa shape index (κ2) is 7.38. The topological polar surface area (TPSA) is 51.5 Å². The number of carbonyl (C=O) groups excluding carboxylic acids is 1. The molecule has 0 aliphatic heterocycles. The lowest BCUT2D eigenvalue weighted by atomic mass is 10.2. The van der Waals surface area contributed by atoms with E-state index in [9.17, 15) is 4.79 Å². The molecule has 6 heteroatoms. The van der Waals surface area contributed by atoms with Crippen LogP contribution in [-0.2, 0) is 11.2 Å². The molecule has 1 unspecified atom stereocenters. The molecular weight excluding hydrogens is 313 g/mol. The molecule has 0 spiro atoms. The van der Waals surface area contributed by atoms with E-state index >= 15 is 0 Å². The standard InChI is InChI=1S/C15H15Cl2NO3/c1-10(7-12-3-2-6-20-12)18-15(19)9-21-14-5-4-11(16)8-13(14)17/h2-6,8,10H,7,9H2,1H3,(H,18,19). The highest BCUT2D eigenvalue weighted by atomic mass is 35.5. The Morgan fingerprint density at radius 1 is 1.38 bits per heavy atom. The molecule has 1 N–H and O–H groups in total. The highest BCUT2D eigenvalue weighted by molar-refractivity contribution is 6.35. The number of benzene rings is 1. The zero-order valence-corrected chi connectivity index (χ0v) is 12.9. The fraction of sp³-hybridized carbons (Fsp3) is 0.267.